The third-order valence-electron chi connectivity index (χ3n) is 2.80. The molecule has 0 aromatic heterocycles. The van der Waals surface area contributed by atoms with Crippen molar-refractivity contribution in [3.63, 3.8) is 0 Å². The topological polar surface area (TPSA) is 43.3 Å². The quantitative estimate of drug-likeness (QED) is 0.706. The van der Waals surface area contributed by atoms with Crippen molar-refractivity contribution in [1.29, 1.82) is 0 Å². The van der Waals surface area contributed by atoms with E-state index in [1.165, 1.54) is 0 Å². The second-order valence-electron chi connectivity index (χ2n) is 3.85. The Balaban J connectivity index is 2.19. The van der Waals surface area contributed by atoms with E-state index in [-0.39, 0.29) is 5.75 Å². The summed E-state index contributed by atoms with van der Waals surface area (Å²) >= 11 is -1.16. The molecule has 0 aliphatic carbocycles. The molecule has 2 aromatic rings. The van der Waals surface area contributed by atoms with E-state index in [0.717, 1.165) is 27.3 Å². The lowest BCUT2D eigenvalue weighted by Crippen LogP contribution is -2.14. The molecule has 80 valence electrons. The van der Waals surface area contributed by atoms with Gasteiger partial charge in [0.05, 0.1) is 0 Å². The number of rotatable bonds is 0. The summed E-state index contributed by atoms with van der Waals surface area (Å²) in [5.74, 6) is 0.173. The molecular formula is C13H10O2S. The molecular weight excluding hydrogens is 220 g/mol. The predicted octanol–water partition coefficient (Wildman–Crippen LogP) is 2.46. The van der Waals surface area contributed by atoms with Gasteiger partial charge in [0.2, 0.25) is 0 Å². The third-order valence-corrected chi connectivity index (χ3v) is 4.38. The Morgan fingerprint density at radius 1 is 1.00 bits per heavy atom. The lowest BCUT2D eigenvalue weighted by atomic mass is 10.0. The fourth-order valence-corrected chi connectivity index (χ4v) is 3.44. The summed E-state index contributed by atoms with van der Waals surface area (Å²) in [6.45, 7) is 0. The molecule has 0 spiro atoms. The minimum absolute atomic E-state index is 0.173. The molecule has 0 fully saturated rings. The molecule has 1 unspecified atom stereocenters. The third kappa shape index (κ3) is 1.40. The van der Waals surface area contributed by atoms with Crippen LogP contribution in [-0.4, -0.2) is 9.66 Å². The van der Waals surface area contributed by atoms with Gasteiger partial charge < -0.3 is 9.66 Å². The summed E-state index contributed by atoms with van der Waals surface area (Å²) in [6.07, 6.45) is 0.789. The van der Waals surface area contributed by atoms with Gasteiger partial charge >= 0.3 is 0 Å². The van der Waals surface area contributed by atoms with Gasteiger partial charge in [-0.05, 0) is 12.1 Å². The molecule has 3 rings (SSSR count). The van der Waals surface area contributed by atoms with Crippen LogP contribution >= 0.6 is 0 Å². The van der Waals surface area contributed by atoms with Crippen molar-refractivity contribution in [2.75, 3.05) is 0 Å². The molecule has 16 heavy (non-hydrogen) atoms. The van der Waals surface area contributed by atoms with E-state index in [2.05, 4.69) is 0 Å². The van der Waals surface area contributed by atoms with E-state index < -0.39 is 11.2 Å². The smallest absolute Gasteiger partial charge is 0.165 e. The summed E-state index contributed by atoms with van der Waals surface area (Å²) in [4.78, 5) is 1.60. The van der Waals surface area contributed by atoms with E-state index in [1.54, 1.807) is 12.1 Å². The van der Waals surface area contributed by atoms with Crippen LogP contribution < -0.4 is 0 Å². The fraction of sp³-hybridized carbons (Fsp3) is 0.0769. The van der Waals surface area contributed by atoms with Gasteiger partial charge in [-0.25, -0.2) is 0 Å². The van der Waals surface area contributed by atoms with Crippen molar-refractivity contribution >= 4 is 11.2 Å². The van der Waals surface area contributed by atoms with Crippen LogP contribution in [-0.2, 0) is 17.6 Å². The van der Waals surface area contributed by atoms with Gasteiger partial charge in [-0.2, -0.15) is 0 Å². The SMILES string of the molecule is [O-][S+]1c2ccccc2Cc2ccc(O)cc21. The standard InChI is InChI=1S/C13H10O2S/c14-11-6-5-10-7-9-3-1-2-4-12(9)16(15)13(10)8-11/h1-6,8,14H,7H2. The molecule has 0 bridgehead atoms. The normalized spacial score (nSPS) is 17.7. The molecule has 0 saturated carbocycles. The number of hydrogen-bond acceptors (Lipinski definition) is 2. The van der Waals surface area contributed by atoms with Crippen molar-refractivity contribution in [2.45, 2.75) is 16.2 Å². The van der Waals surface area contributed by atoms with Gasteiger partial charge in [0.1, 0.15) is 5.75 Å². The van der Waals surface area contributed by atoms with Crippen molar-refractivity contribution in [3.05, 3.63) is 53.6 Å². The van der Waals surface area contributed by atoms with E-state index in [9.17, 15) is 9.66 Å². The first kappa shape index (κ1) is 9.75. The van der Waals surface area contributed by atoms with Crippen LogP contribution in [0.15, 0.2) is 52.3 Å². The minimum atomic E-state index is -1.16. The molecule has 0 amide bonds. The van der Waals surface area contributed by atoms with Crippen LogP contribution in [0.4, 0.5) is 0 Å². The van der Waals surface area contributed by atoms with Gasteiger partial charge in [-0.3, -0.25) is 0 Å². The maximum atomic E-state index is 12.3. The average molecular weight is 230 g/mol. The van der Waals surface area contributed by atoms with E-state index in [1.807, 2.05) is 30.3 Å². The Morgan fingerprint density at radius 3 is 2.62 bits per heavy atom. The highest BCUT2D eigenvalue weighted by Crippen LogP contribution is 2.35. The highest BCUT2D eigenvalue weighted by Gasteiger charge is 2.28. The number of aromatic hydroxyl groups is 1. The molecule has 2 aromatic carbocycles. The number of fused-ring (bicyclic) bond motifs is 2. The molecule has 1 aliphatic rings. The van der Waals surface area contributed by atoms with E-state index in [0.29, 0.717) is 0 Å². The van der Waals surface area contributed by atoms with Crippen LogP contribution in [0.25, 0.3) is 0 Å². The zero-order chi connectivity index (χ0) is 11.1. The Labute approximate surface area is 96.7 Å². The monoisotopic (exact) mass is 230 g/mol. The summed E-state index contributed by atoms with van der Waals surface area (Å²) in [5, 5.41) is 9.42. The molecule has 2 nitrogen and oxygen atoms in total. The largest absolute Gasteiger partial charge is 0.606 e. The predicted molar refractivity (Wildman–Crippen MR) is 62.0 cm³/mol. The summed E-state index contributed by atoms with van der Waals surface area (Å²) in [6, 6.07) is 12.8. The Kier molecular flexibility index (Phi) is 2.16. The second-order valence-corrected chi connectivity index (χ2v) is 5.26. The molecule has 0 radical (unpaired) electrons. The molecule has 3 heteroatoms. The maximum Gasteiger partial charge on any atom is 0.165 e. The maximum absolute atomic E-state index is 12.3. The molecule has 1 aliphatic heterocycles. The molecule has 1 N–H and O–H groups in total. The van der Waals surface area contributed by atoms with Gasteiger partial charge in [0.25, 0.3) is 0 Å². The Bertz CT molecular complexity index is 551. The summed E-state index contributed by atoms with van der Waals surface area (Å²) < 4.78 is 12.3. The van der Waals surface area contributed by atoms with Crippen LogP contribution in [0.2, 0.25) is 0 Å². The van der Waals surface area contributed by atoms with Crippen molar-refractivity contribution < 1.29 is 9.66 Å². The van der Waals surface area contributed by atoms with Crippen molar-refractivity contribution in [1.82, 2.24) is 0 Å². The summed E-state index contributed by atoms with van der Waals surface area (Å²) in [5.41, 5.74) is 2.15. The van der Waals surface area contributed by atoms with Crippen LogP contribution in [0.1, 0.15) is 11.1 Å². The molecule has 0 saturated heterocycles. The highest BCUT2D eigenvalue weighted by atomic mass is 32.2. The van der Waals surface area contributed by atoms with Crippen molar-refractivity contribution in [3.8, 4) is 5.75 Å². The van der Waals surface area contributed by atoms with Gasteiger partial charge in [-0.1, -0.05) is 24.3 Å². The first-order valence-corrected chi connectivity index (χ1v) is 6.22. The zero-order valence-electron chi connectivity index (χ0n) is 8.51. The Hall–Kier alpha value is -1.45. The highest BCUT2D eigenvalue weighted by molar-refractivity contribution is 7.91. The first-order valence-electron chi connectivity index (χ1n) is 5.07. The number of benzene rings is 2. The van der Waals surface area contributed by atoms with Crippen LogP contribution in [0.5, 0.6) is 5.75 Å². The summed E-state index contributed by atoms with van der Waals surface area (Å²) in [7, 11) is 0. The number of phenols is 1. The number of phenolic OH excluding ortho intramolecular Hbond substituents is 1. The number of hydrogen-bond donors (Lipinski definition) is 1. The average Bonchev–Trinajstić information content (AvgIpc) is 2.31. The van der Waals surface area contributed by atoms with E-state index >= 15 is 0 Å². The van der Waals surface area contributed by atoms with Gasteiger partial charge in [0, 0.05) is 34.8 Å². The van der Waals surface area contributed by atoms with Crippen LogP contribution in [0, 0.1) is 0 Å². The first-order chi connectivity index (χ1) is 7.75. The zero-order valence-corrected chi connectivity index (χ0v) is 9.33. The fourth-order valence-electron chi connectivity index (χ4n) is 2.02. The second kappa shape index (κ2) is 3.54. The minimum Gasteiger partial charge on any atom is -0.606 e. The van der Waals surface area contributed by atoms with Gasteiger partial charge in [0.15, 0.2) is 9.79 Å². The Morgan fingerprint density at radius 2 is 1.75 bits per heavy atom. The lowest BCUT2D eigenvalue weighted by Gasteiger charge is -2.21. The van der Waals surface area contributed by atoms with Crippen LogP contribution in [0.3, 0.4) is 0 Å². The van der Waals surface area contributed by atoms with Crippen molar-refractivity contribution in [2.24, 2.45) is 0 Å². The van der Waals surface area contributed by atoms with Gasteiger partial charge in [-0.15, -0.1) is 0 Å². The lowest BCUT2D eigenvalue weighted by molar-refractivity contribution is 0.472. The van der Waals surface area contributed by atoms with E-state index in [4.69, 9.17) is 0 Å². The molecule has 1 atom stereocenters. The molecule has 1 heterocycles.